The van der Waals surface area contributed by atoms with Crippen LogP contribution >= 0.6 is 11.3 Å². The maximum Gasteiger partial charge on any atom is 0.0845 e. The van der Waals surface area contributed by atoms with Gasteiger partial charge in [-0.2, -0.15) is 10.5 Å². The highest BCUT2D eigenvalue weighted by Crippen LogP contribution is 2.36. The SMILES string of the molecule is CC(C)C(C#N)(CCCN1CCN(CCCC(C#N)c2cccs2)CC1)c1ccccc1. The molecule has 1 aliphatic heterocycles. The van der Waals surface area contributed by atoms with E-state index in [9.17, 15) is 10.5 Å². The lowest BCUT2D eigenvalue weighted by molar-refractivity contribution is 0.127. The van der Waals surface area contributed by atoms with Crippen molar-refractivity contribution < 1.29 is 0 Å². The van der Waals surface area contributed by atoms with Crippen molar-refractivity contribution in [3.05, 3.63) is 58.3 Å². The summed E-state index contributed by atoms with van der Waals surface area (Å²) in [5.41, 5.74) is 0.753. The van der Waals surface area contributed by atoms with Crippen molar-refractivity contribution in [3.8, 4) is 12.1 Å². The fraction of sp³-hybridized carbons (Fsp3) is 0.556. The number of nitrogens with zero attached hydrogens (tertiary/aromatic N) is 4. The van der Waals surface area contributed by atoms with E-state index in [0.717, 1.165) is 70.5 Å². The third-order valence-electron chi connectivity index (χ3n) is 6.99. The van der Waals surface area contributed by atoms with Gasteiger partial charge in [0.05, 0.1) is 23.5 Å². The van der Waals surface area contributed by atoms with E-state index in [2.05, 4.69) is 59.4 Å². The molecule has 3 rings (SSSR count). The van der Waals surface area contributed by atoms with Crippen LogP contribution in [-0.2, 0) is 5.41 Å². The first kappa shape index (κ1) is 24.5. The van der Waals surface area contributed by atoms with E-state index in [1.807, 2.05) is 24.3 Å². The molecule has 4 nitrogen and oxygen atoms in total. The van der Waals surface area contributed by atoms with Crippen molar-refractivity contribution in [2.45, 2.75) is 50.9 Å². The minimum Gasteiger partial charge on any atom is -0.301 e. The van der Waals surface area contributed by atoms with Crippen molar-refractivity contribution in [2.24, 2.45) is 5.92 Å². The van der Waals surface area contributed by atoms with Gasteiger partial charge in [0, 0.05) is 31.1 Å². The van der Waals surface area contributed by atoms with Gasteiger partial charge < -0.3 is 9.80 Å². The summed E-state index contributed by atoms with van der Waals surface area (Å²) in [7, 11) is 0. The molecule has 2 heterocycles. The fourth-order valence-corrected chi connectivity index (χ4v) is 5.65. The molecule has 2 aromatic rings. The standard InChI is InChI=1S/C27H36N4S/c1-23(2)27(22-29,25-10-4-3-5-11-25)13-8-15-31-18-16-30(17-19-31)14-6-9-24(21-28)26-12-7-20-32-26/h3-5,7,10-12,20,23-24H,6,8-9,13-19H2,1-2H3. The second-order valence-corrected chi connectivity index (χ2v) is 10.2. The number of thiophene rings is 1. The second kappa shape index (κ2) is 12.2. The number of piperazine rings is 1. The molecule has 2 unspecified atom stereocenters. The van der Waals surface area contributed by atoms with Crippen molar-refractivity contribution in [2.75, 3.05) is 39.3 Å². The zero-order valence-electron chi connectivity index (χ0n) is 19.5. The number of rotatable bonds is 11. The Balaban J connectivity index is 1.39. The molecule has 1 aromatic carbocycles. The van der Waals surface area contributed by atoms with Gasteiger partial charge in [-0.05, 0) is 61.7 Å². The van der Waals surface area contributed by atoms with Gasteiger partial charge in [-0.1, -0.05) is 50.2 Å². The Morgan fingerprint density at radius 2 is 1.59 bits per heavy atom. The first-order valence-electron chi connectivity index (χ1n) is 11.9. The maximum absolute atomic E-state index is 10.1. The zero-order valence-corrected chi connectivity index (χ0v) is 20.4. The summed E-state index contributed by atoms with van der Waals surface area (Å²) in [5.74, 6) is 0.334. The van der Waals surface area contributed by atoms with Crippen molar-refractivity contribution in [1.29, 1.82) is 10.5 Å². The number of benzene rings is 1. The third kappa shape index (κ3) is 6.20. The van der Waals surface area contributed by atoms with Crippen molar-refractivity contribution in [3.63, 3.8) is 0 Å². The van der Waals surface area contributed by atoms with Crippen LogP contribution in [0.15, 0.2) is 47.8 Å². The van der Waals surface area contributed by atoms with E-state index < -0.39 is 5.41 Å². The van der Waals surface area contributed by atoms with Crippen LogP contribution in [0.5, 0.6) is 0 Å². The molecule has 170 valence electrons. The molecule has 0 spiro atoms. The van der Waals surface area contributed by atoms with Gasteiger partial charge in [0.2, 0.25) is 0 Å². The molecule has 0 saturated carbocycles. The molecular formula is C27H36N4S. The van der Waals surface area contributed by atoms with Crippen LogP contribution in [0.4, 0.5) is 0 Å². The lowest BCUT2D eigenvalue weighted by Gasteiger charge is -2.36. The van der Waals surface area contributed by atoms with Gasteiger partial charge in [-0.15, -0.1) is 11.3 Å². The number of hydrogen-bond acceptors (Lipinski definition) is 5. The summed E-state index contributed by atoms with van der Waals surface area (Å²) in [5, 5.41) is 21.6. The molecule has 1 aromatic heterocycles. The van der Waals surface area contributed by atoms with Crippen LogP contribution in [-0.4, -0.2) is 49.1 Å². The highest BCUT2D eigenvalue weighted by molar-refractivity contribution is 7.10. The average molecular weight is 449 g/mol. The molecule has 0 aliphatic carbocycles. The topological polar surface area (TPSA) is 54.1 Å². The molecule has 0 radical (unpaired) electrons. The Morgan fingerprint density at radius 3 is 2.12 bits per heavy atom. The highest BCUT2D eigenvalue weighted by Gasteiger charge is 2.35. The normalized spacial score (nSPS) is 18.0. The van der Waals surface area contributed by atoms with E-state index in [1.165, 1.54) is 4.88 Å². The third-order valence-corrected chi connectivity index (χ3v) is 7.98. The molecule has 2 atom stereocenters. The summed E-state index contributed by atoms with van der Waals surface area (Å²) in [6.07, 6.45) is 3.98. The van der Waals surface area contributed by atoms with Gasteiger partial charge in [0.1, 0.15) is 0 Å². The van der Waals surface area contributed by atoms with Crippen molar-refractivity contribution >= 4 is 11.3 Å². The Labute approximate surface area is 198 Å². The first-order chi connectivity index (χ1) is 15.6. The van der Waals surface area contributed by atoms with Gasteiger partial charge in [0.25, 0.3) is 0 Å². The van der Waals surface area contributed by atoms with Gasteiger partial charge in [0.15, 0.2) is 0 Å². The van der Waals surface area contributed by atoms with E-state index in [4.69, 9.17) is 0 Å². The molecule has 1 fully saturated rings. The van der Waals surface area contributed by atoms with Crippen LogP contribution in [0, 0.1) is 28.6 Å². The highest BCUT2D eigenvalue weighted by atomic mass is 32.1. The minimum atomic E-state index is -0.400. The van der Waals surface area contributed by atoms with Crippen molar-refractivity contribution in [1.82, 2.24) is 9.80 Å². The van der Waals surface area contributed by atoms with Crippen LogP contribution in [0.1, 0.15) is 55.9 Å². The first-order valence-corrected chi connectivity index (χ1v) is 12.8. The lowest BCUT2D eigenvalue weighted by atomic mass is 9.70. The molecule has 0 N–H and O–H groups in total. The Bertz CT molecular complexity index is 873. The summed E-state index contributed by atoms with van der Waals surface area (Å²) >= 11 is 1.69. The summed E-state index contributed by atoms with van der Waals surface area (Å²) in [4.78, 5) is 6.28. The summed E-state index contributed by atoms with van der Waals surface area (Å²) in [6.45, 7) is 10.9. The second-order valence-electron chi connectivity index (χ2n) is 9.23. The predicted octanol–water partition coefficient (Wildman–Crippen LogP) is 5.65. The molecule has 0 amide bonds. The Kier molecular flexibility index (Phi) is 9.30. The molecular weight excluding hydrogens is 412 g/mol. The lowest BCUT2D eigenvalue weighted by Crippen LogP contribution is -2.47. The van der Waals surface area contributed by atoms with Crippen LogP contribution in [0.3, 0.4) is 0 Å². The van der Waals surface area contributed by atoms with E-state index >= 15 is 0 Å². The number of nitriles is 2. The van der Waals surface area contributed by atoms with Crippen LogP contribution < -0.4 is 0 Å². The number of hydrogen-bond donors (Lipinski definition) is 0. The van der Waals surface area contributed by atoms with Gasteiger partial charge in [-0.3, -0.25) is 0 Å². The summed E-state index contributed by atoms with van der Waals surface area (Å²) < 4.78 is 0. The zero-order chi connectivity index (χ0) is 22.8. The van der Waals surface area contributed by atoms with Crippen LogP contribution in [0.25, 0.3) is 0 Å². The monoisotopic (exact) mass is 448 g/mol. The minimum absolute atomic E-state index is 0.0438. The van der Waals surface area contributed by atoms with Gasteiger partial charge >= 0.3 is 0 Å². The fourth-order valence-electron chi connectivity index (χ4n) is 4.85. The quantitative estimate of drug-likeness (QED) is 0.446. The van der Waals surface area contributed by atoms with Crippen LogP contribution in [0.2, 0.25) is 0 Å². The Morgan fingerprint density at radius 1 is 0.938 bits per heavy atom. The Hall–Kier alpha value is -2.18. The predicted molar refractivity (Wildman–Crippen MR) is 133 cm³/mol. The molecule has 0 bridgehead atoms. The van der Waals surface area contributed by atoms with Gasteiger partial charge in [-0.25, -0.2) is 0 Å². The van der Waals surface area contributed by atoms with E-state index in [0.29, 0.717) is 0 Å². The smallest absolute Gasteiger partial charge is 0.0845 e. The molecule has 1 saturated heterocycles. The van der Waals surface area contributed by atoms with E-state index in [-0.39, 0.29) is 11.8 Å². The maximum atomic E-state index is 10.1. The average Bonchev–Trinajstić information content (AvgIpc) is 3.36. The summed E-state index contributed by atoms with van der Waals surface area (Å²) in [6, 6.07) is 19.6. The van der Waals surface area contributed by atoms with E-state index in [1.54, 1.807) is 11.3 Å². The molecule has 1 aliphatic rings. The largest absolute Gasteiger partial charge is 0.301 e. The molecule has 32 heavy (non-hydrogen) atoms. The molecule has 5 heteroatoms.